The van der Waals surface area contributed by atoms with E-state index < -0.39 is 5.97 Å². The molecule has 2 rings (SSSR count). The number of H-pyrrole nitrogens is 1. The summed E-state index contributed by atoms with van der Waals surface area (Å²) in [6.45, 7) is 2.13. The Hall–Kier alpha value is -1.34. The minimum atomic E-state index is -1.10. The van der Waals surface area contributed by atoms with Gasteiger partial charge in [0.15, 0.2) is 5.16 Å². The summed E-state index contributed by atoms with van der Waals surface area (Å²) >= 11 is 2.69. The van der Waals surface area contributed by atoms with Crippen LogP contribution in [-0.4, -0.2) is 26.8 Å². The third kappa shape index (κ3) is 3.16. The van der Waals surface area contributed by atoms with Crippen molar-refractivity contribution in [1.82, 2.24) is 9.97 Å². The van der Waals surface area contributed by atoms with Crippen molar-refractivity contribution in [3.63, 3.8) is 0 Å². The highest BCUT2D eigenvalue weighted by molar-refractivity contribution is 7.99. The van der Waals surface area contributed by atoms with Crippen LogP contribution in [0.5, 0.6) is 0 Å². The Morgan fingerprint density at radius 1 is 1.53 bits per heavy atom. The van der Waals surface area contributed by atoms with Gasteiger partial charge >= 0.3 is 5.97 Å². The number of hydrogen-bond donors (Lipinski definition) is 2. The van der Waals surface area contributed by atoms with Crippen molar-refractivity contribution in [1.29, 1.82) is 0 Å². The number of rotatable bonds is 6. The molecule has 0 aliphatic rings. The fraction of sp³-hybridized carbons (Fsp3) is 0.417. The van der Waals surface area contributed by atoms with Crippen molar-refractivity contribution < 1.29 is 9.90 Å². The number of aromatic amines is 1. The molecule has 0 fully saturated rings. The Kier molecular flexibility index (Phi) is 4.60. The Labute approximate surface area is 118 Å². The molecule has 2 aromatic rings. The van der Waals surface area contributed by atoms with E-state index in [1.165, 1.54) is 28.5 Å². The molecule has 0 aliphatic carbocycles. The van der Waals surface area contributed by atoms with Crippen LogP contribution < -0.4 is 5.56 Å². The number of carboxylic acids is 1. The fourth-order valence-electron chi connectivity index (χ4n) is 1.68. The highest BCUT2D eigenvalue weighted by Gasteiger charge is 2.16. The van der Waals surface area contributed by atoms with Gasteiger partial charge in [-0.15, -0.1) is 11.3 Å². The van der Waals surface area contributed by atoms with E-state index in [2.05, 4.69) is 16.9 Å². The molecule has 2 N–H and O–H groups in total. The summed E-state index contributed by atoms with van der Waals surface area (Å²) in [5.74, 6) is -0.193. The lowest BCUT2D eigenvalue weighted by Gasteiger charge is -2.00. The summed E-state index contributed by atoms with van der Waals surface area (Å²) in [5.41, 5.74) is -0.349. The normalized spacial score (nSPS) is 11.0. The third-order valence-corrected chi connectivity index (χ3v) is 4.47. The molecule has 7 heteroatoms. The van der Waals surface area contributed by atoms with Gasteiger partial charge in [0.25, 0.3) is 5.56 Å². The zero-order valence-electron chi connectivity index (χ0n) is 10.4. The maximum atomic E-state index is 11.9. The van der Waals surface area contributed by atoms with Crippen molar-refractivity contribution >= 4 is 39.3 Å². The second-order valence-electron chi connectivity index (χ2n) is 4.06. The van der Waals surface area contributed by atoms with Crippen LogP contribution in [0.25, 0.3) is 10.2 Å². The van der Waals surface area contributed by atoms with Gasteiger partial charge in [-0.3, -0.25) is 4.79 Å². The Morgan fingerprint density at radius 2 is 2.32 bits per heavy atom. The van der Waals surface area contributed by atoms with Gasteiger partial charge in [0.2, 0.25) is 0 Å². The van der Waals surface area contributed by atoms with Crippen molar-refractivity contribution in [2.45, 2.75) is 31.3 Å². The number of thioether (sulfide) groups is 1. The fourth-order valence-corrected chi connectivity index (χ4v) is 3.51. The molecule has 0 bridgehead atoms. The maximum Gasteiger partial charge on any atom is 0.337 e. The molecule has 0 radical (unpaired) electrons. The summed E-state index contributed by atoms with van der Waals surface area (Å²) in [4.78, 5) is 30.3. The first kappa shape index (κ1) is 14.1. The zero-order valence-corrected chi connectivity index (χ0v) is 12.1. The monoisotopic (exact) mass is 298 g/mol. The van der Waals surface area contributed by atoms with Crippen LogP contribution in [0.4, 0.5) is 0 Å². The number of nitrogens with zero attached hydrogens (tertiary/aromatic N) is 1. The Bertz CT molecular complexity index is 648. The van der Waals surface area contributed by atoms with E-state index >= 15 is 0 Å². The number of carboxylic acid groups (broad SMARTS) is 1. The molecule has 0 aromatic carbocycles. The highest BCUT2D eigenvalue weighted by Crippen LogP contribution is 2.23. The van der Waals surface area contributed by atoms with Crippen molar-refractivity contribution in [2.24, 2.45) is 0 Å². The van der Waals surface area contributed by atoms with Crippen molar-refractivity contribution in [3.8, 4) is 0 Å². The second kappa shape index (κ2) is 6.21. The molecule has 0 saturated carbocycles. The molecule has 2 heterocycles. The predicted molar refractivity (Wildman–Crippen MR) is 77.4 cm³/mol. The molecular formula is C12H14N2O3S2. The van der Waals surface area contributed by atoms with Gasteiger partial charge in [0, 0.05) is 11.1 Å². The van der Waals surface area contributed by atoms with E-state index in [1.54, 1.807) is 0 Å². The largest absolute Gasteiger partial charge is 0.478 e. The molecule has 0 unspecified atom stereocenters. The standard InChI is InChI=1S/C12H14N2O3S2/c1-2-3-4-5-18-12-13-9(15)8-7(11(16)17)6-19-10(8)14-12/h6H,2-5H2,1H3,(H,16,17)(H,13,14,15). The minimum Gasteiger partial charge on any atom is -0.478 e. The molecule has 0 aliphatic heterocycles. The van der Waals surface area contributed by atoms with Crippen LogP contribution in [0.2, 0.25) is 0 Å². The highest BCUT2D eigenvalue weighted by atomic mass is 32.2. The van der Waals surface area contributed by atoms with Gasteiger partial charge in [-0.25, -0.2) is 9.78 Å². The number of aromatic carboxylic acids is 1. The second-order valence-corrected chi connectivity index (χ2v) is 6.00. The quantitative estimate of drug-likeness (QED) is 0.486. The van der Waals surface area contributed by atoms with E-state index in [0.29, 0.717) is 9.99 Å². The van der Waals surface area contributed by atoms with Gasteiger partial charge in [-0.1, -0.05) is 31.5 Å². The molecule has 0 spiro atoms. The van der Waals surface area contributed by atoms with E-state index in [4.69, 9.17) is 5.11 Å². The molecule has 19 heavy (non-hydrogen) atoms. The van der Waals surface area contributed by atoms with E-state index in [9.17, 15) is 9.59 Å². The van der Waals surface area contributed by atoms with E-state index in [1.807, 2.05) is 0 Å². The first-order valence-corrected chi connectivity index (χ1v) is 7.87. The van der Waals surface area contributed by atoms with Gasteiger partial charge < -0.3 is 10.1 Å². The van der Waals surface area contributed by atoms with E-state index in [0.717, 1.165) is 25.0 Å². The molecule has 0 atom stereocenters. The topological polar surface area (TPSA) is 83.0 Å². The van der Waals surface area contributed by atoms with Gasteiger partial charge in [0.1, 0.15) is 4.83 Å². The molecule has 0 amide bonds. The summed E-state index contributed by atoms with van der Waals surface area (Å²) in [7, 11) is 0. The van der Waals surface area contributed by atoms with Crippen molar-refractivity contribution in [3.05, 3.63) is 21.3 Å². The summed E-state index contributed by atoms with van der Waals surface area (Å²) in [6, 6.07) is 0. The number of aromatic nitrogens is 2. The third-order valence-electron chi connectivity index (χ3n) is 2.64. The van der Waals surface area contributed by atoms with Crippen LogP contribution in [0, 0.1) is 0 Å². The van der Waals surface area contributed by atoms with Gasteiger partial charge in [-0.05, 0) is 6.42 Å². The number of fused-ring (bicyclic) bond motifs is 1. The lowest BCUT2D eigenvalue weighted by Crippen LogP contribution is -2.11. The van der Waals surface area contributed by atoms with Crippen LogP contribution in [-0.2, 0) is 0 Å². The number of unbranched alkanes of at least 4 members (excludes halogenated alkanes) is 2. The number of thiophene rings is 1. The molecule has 0 saturated heterocycles. The minimum absolute atomic E-state index is 0.0243. The van der Waals surface area contributed by atoms with E-state index in [-0.39, 0.29) is 16.5 Å². The van der Waals surface area contributed by atoms with Gasteiger partial charge in [0.05, 0.1) is 10.9 Å². The predicted octanol–water partition coefficient (Wildman–Crippen LogP) is 2.97. The first-order chi connectivity index (χ1) is 9.13. The lowest BCUT2D eigenvalue weighted by atomic mass is 10.2. The maximum absolute atomic E-state index is 11.9. The number of nitrogens with one attached hydrogen (secondary N) is 1. The Morgan fingerprint density at radius 3 is 3.00 bits per heavy atom. The molecule has 5 nitrogen and oxygen atoms in total. The zero-order chi connectivity index (χ0) is 13.8. The average molecular weight is 298 g/mol. The van der Waals surface area contributed by atoms with Gasteiger partial charge in [-0.2, -0.15) is 0 Å². The number of carbonyl (C=O) groups is 1. The lowest BCUT2D eigenvalue weighted by molar-refractivity contribution is 0.0699. The van der Waals surface area contributed by atoms with Crippen LogP contribution in [0.3, 0.4) is 0 Å². The average Bonchev–Trinajstić information content (AvgIpc) is 2.79. The summed E-state index contributed by atoms with van der Waals surface area (Å²) < 4.78 is 0. The van der Waals surface area contributed by atoms with Crippen LogP contribution >= 0.6 is 23.1 Å². The van der Waals surface area contributed by atoms with Crippen LogP contribution in [0.1, 0.15) is 36.5 Å². The number of hydrogen-bond acceptors (Lipinski definition) is 5. The molecular weight excluding hydrogens is 284 g/mol. The van der Waals surface area contributed by atoms with Crippen LogP contribution in [0.15, 0.2) is 15.3 Å². The Balaban J connectivity index is 2.25. The summed E-state index contributed by atoms with van der Waals surface area (Å²) in [6.07, 6.45) is 3.38. The first-order valence-electron chi connectivity index (χ1n) is 6.01. The van der Waals surface area contributed by atoms with Crippen molar-refractivity contribution in [2.75, 3.05) is 5.75 Å². The summed E-state index contributed by atoms with van der Waals surface area (Å²) in [5, 5.41) is 11.2. The molecule has 2 aromatic heterocycles. The SMILES string of the molecule is CCCCCSc1nc2scc(C(=O)O)c2c(=O)[nH]1. The molecule has 102 valence electrons. The smallest absolute Gasteiger partial charge is 0.337 e.